The third-order valence-electron chi connectivity index (χ3n) is 5.44. The van der Waals surface area contributed by atoms with Gasteiger partial charge < -0.3 is 0 Å². The van der Waals surface area contributed by atoms with Gasteiger partial charge in [-0.05, 0) is 49.2 Å². The van der Waals surface area contributed by atoms with Gasteiger partial charge in [-0.15, -0.1) is 0 Å². The van der Waals surface area contributed by atoms with Crippen LogP contribution in [0.15, 0.2) is 59.8 Å². The van der Waals surface area contributed by atoms with E-state index in [0.717, 1.165) is 30.2 Å². The zero-order valence-electron chi connectivity index (χ0n) is 17.1. The number of piperidine rings is 1. The Bertz CT molecular complexity index is 1130. The fourth-order valence-electron chi connectivity index (χ4n) is 3.89. The van der Waals surface area contributed by atoms with E-state index in [0.29, 0.717) is 13.1 Å². The van der Waals surface area contributed by atoms with Crippen LogP contribution in [-0.4, -0.2) is 40.3 Å². The summed E-state index contributed by atoms with van der Waals surface area (Å²) < 4.78 is 42.7. The van der Waals surface area contributed by atoms with Crippen LogP contribution >= 0.6 is 0 Å². The first-order valence-electron chi connectivity index (χ1n) is 10.1. The van der Waals surface area contributed by atoms with Gasteiger partial charge in [-0.3, -0.25) is 4.57 Å². The molecule has 0 bridgehead atoms. The average molecular weight is 429 g/mol. The van der Waals surface area contributed by atoms with E-state index in [4.69, 9.17) is 4.98 Å². The van der Waals surface area contributed by atoms with Gasteiger partial charge in [0, 0.05) is 43.0 Å². The van der Waals surface area contributed by atoms with E-state index in [1.165, 1.54) is 28.6 Å². The smallest absolute Gasteiger partial charge is 0.243 e. The van der Waals surface area contributed by atoms with E-state index < -0.39 is 15.8 Å². The first kappa shape index (κ1) is 20.7. The van der Waals surface area contributed by atoms with Crippen molar-refractivity contribution in [1.82, 2.24) is 18.8 Å². The van der Waals surface area contributed by atoms with Gasteiger partial charge in [-0.2, -0.15) is 4.31 Å². The summed E-state index contributed by atoms with van der Waals surface area (Å²) in [5.74, 6) is 1.53. The molecule has 2 aromatic heterocycles. The number of rotatable bonds is 5. The molecule has 1 fully saturated rings. The molecule has 0 radical (unpaired) electrons. The third-order valence-corrected chi connectivity index (χ3v) is 7.32. The van der Waals surface area contributed by atoms with Crippen molar-refractivity contribution >= 4 is 10.0 Å². The minimum atomic E-state index is -3.67. The van der Waals surface area contributed by atoms with Gasteiger partial charge >= 0.3 is 0 Å². The lowest BCUT2D eigenvalue weighted by molar-refractivity contribution is 0.312. The molecular formula is C22H25FN4O2S. The minimum Gasteiger partial charge on any atom is -0.288 e. The maximum atomic E-state index is 13.2. The van der Waals surface area contributed by atoms with Crippen LogP contribution in [0, 0.1) is 5.82 Å². The highest BCUT2D eigenvalue weighted by Gasteiger charge is 2.31. The molecule has 0 amide bonds. The topological polar surface area (TPSA) is 68.1 Å². The van der Waals surface area contributed by atoms with Crippen LogP contribution in [0.5, 0.6) is 0 Å². The van der Waals surface area contributed by atoms with Crippen molar-refractivity contribution < 1.29 is 12.8 Å². The Labute approximate surface area is 176 Å². The Balaban J connectivity index is 1.59. The normalized spacial score (nSPS) is 18.1. The van der Waals surface area contributed by atoms with Crippen molar-refractivity contribution in [2.45, 2.75) is 43.4 Å². The standard InChI is InChI=1S/C22H25FN4O2S/c1-16(2)22-24-12-14-27(22)21-7-3-6-20(25-21)17-5-4-13-26(15-17)30(28,29)19-10-8-18(23)9-11-19/h3,6-12,14,16-17H,4-5,13,15H2,1-2H3/t17-/m0/s1. The van der Waals surface area contributed by atoms with Crippen LogP contribution in [0.3, 0.4) is 0 Å². The molecule has 1 aliphatic heterocycles. The summed E-state index contributed by atoms with van der Waals surface area (Å²) in [6, 6.07) is 10.8. The molecule has 1 aliphatic rings. The molecule has 6 nitrogen and oxygen atoms in total. The minimum absolute atomic E-state index is 0.0000511. The molecule has 1 saturated heterocycles. The van der Waals surface area contributed by atoms with Crippen molar-refractivity contribution in [1.29, 1.82) is 0 Å². The fraction of sp³-hybridized carbons (Fsp3) is 0.364. The summed E-state index contributed by atoms with van der Waals surface area (Å²) in [5, 5.41) is 0. The lowest BCUT2D eigenvalue weighted by Gasteiger charge is -2.31. The van der Waals surface area contributed by atoms with Gasteiger partial charge in [0.05, 0.1) is 4.90 Å². The first-order chi connectivity index (χ1) is 14.4. The molecule has 0 spiro atoms. The summed E-state index contributed by atoms with van der Waals surface area (Å²) in [5.41, 5.74) is 0.870. The van der Waals surface area contributed by atoms with E-state index in [-0.39, 0.29) is 16.7 Å². The molecule has 3 heterocycles. The molecule has 3 aromatic rings. The number of hydrogen-bond acceptors (Lipinski definition) is 4. The molecular weight excluding hydrogens is 403 g/mol. The predicted molar refractivity (Wildman–Crippen MR) is 113 cm³/mol. The number of sulfonamides is 1. The Morgan fingerprint density at radius 3 is 2.63 bits per heavy atom. The number of aromatic nitrogens is 3. The van der Waals surface area contributed by atoms with Crippen LogP contribution in [0.4, 0.5) is 4.39 Å². The molecule has 8 heteroatoms. The Kier molecular flexibility index (Phi) is 5.71. The van der Waals surface area contributed by atoms with E-state index in [1.54, 1.807) is 6.20 Å². The molecule has 1 atom stereocenters. The number of imidazole rings is 1. The molecule has 0 aliphatic carbocycles. The van der Waals surface area contributed by atoms with Gasteiger partial charge in [0.25, 0.3) is 0 Å². The Morgan fingerprint density at radius 1 is 1.13 bits per heavy atom. The lowest BCUT2D eigenvalue weighted by atomic mass is 9.95. The number of nitrogens with zero attached hydrogens (tertiary/aromatic N) is 4. The lowest BCUT2D eigenvalue weighted by Crippen LogP contribution is -2.39. The Morgan fingerprint density at radius 2 is 1.90 bits per heavy atom. The van der Waals surface area contributed by atoms with E-state index in [2.05, 4.69) is 18.8 Å². The van der Waals surface area contributed by atoms with E-state index >= 15 is 0 Å². The number of benzene rings is 1. The predicted octanol–water partition coefficient (Wildman–Crippen LogP) is 4.10. The van der Waals surface area contributed by atoms with Gasteiger partial charge in [0.1, 0.15) is 17.5 Å². The number of halogens is 1. The number of pyridine rings is 1. The number of hydrogen-bond donors (Lipinski definition) is 0. The van der Waals surface area contributed by atoms with Crippen molar-refractivity contribution in [3.63, 3.8) is 0 Å². The van der Waals surface area contributed by atoms with E-state index in [1.807, 2.05) is 29.0 Å². The molecule has 30 heavy (non-hydrogen) atoms. The van der Waals surface area contributed by atoms with Gasteiger partial charge in [-0.1, -0.05) is 19.9 Å². The van der Waals surface area contributed by atoms with Crippen molar-refractivity contribution in [2.24, 2.45) is 0 Å². The van der Waals surface area contributed by atoms with Crippen LogP contribution in [0.2, 0.25) is 0 Å². The maximum absolute atomic E-state index is 13.2. The highest BCUT2D eigenvalue weighted by atomic mass is 32.2. The second-order valence-electron chi connectivity index (χ2n) is 7.89. The largest absolute Gasteiger partial charge is 0.288 e. The SMILES string of the molecule is CC(C)c1nccn1-c1cccc([C@H]2CCCN(S(=O)(=O)c3ccc(F)cc3)C2)n1. The zero-order valence-corrected chi connectivity index (χ0v) is 17.9. The van der Waals surface area contributed by atoms with Crippen molar-refractivity contribution in [3.8, 4) is 5.82 Å². The summed E-state index contributed by atoms with van der Waals surface area (Å²) in [4.78, 5) is 9.38. The maximum Gasteiger partial charge on any atom is 0.243 e. The second-order valence-corrected chi connectivity index (χ2v) is 9.82. The summed E-state index contributed by atoms with van der Waals surface area (Å²) in [6.07, 6.45) is 5.28. The monoisotopic (exact) mass is 428 g/mol. The average Bonchev–Trinajstić information content (AvgIpc) is 3.25. The summed E-state index contributed by atoms with van der Waals surface area (Å²) in [7, 11) is -3.67. The first-order valence-corrected chi connectivity index (χ1v) is 11.6. The van der Waals surface area contributed by atoms with Gasteiger partial charge in [0.2, 0.25) is 10.0 Å². The summed E-state index contributed by atoms with van der Waals surface area (Å²) >= 11 is 0. The summed E-state index contributed by atoms with van der Waals surface area (Å²) in [6.45, 7) is 4.98. The van der Waals surface area contributed by atoms with Crippen LogP contribution < -0.4 is 0 Å². The second kappa shape index (κ2) is 8.28. The third kappa shape index (κ3) is 4.02. The van der Waals surface area contributed by atoms with Gasteiger partial charge in [0.15, 0.2) is 0 Å². The molecule has 0 N–H and O–H groups in total. The molecule has 0 saturated carbocycles. The van der Waals surface area contributed by atoms with Crippen LogP contribution in [0.25, 0.3) is 5.82 Å². The van der Waals surface area contributed by atoms with Crippen LogP contribution in [0.1, 0.15) is 50.0 Å². The van der Waals surface area contributed by atoms with Crippen molar-refractivity contribution in [3.05, 3.63) is 72.2 Å². The van der Waals surface area contributed by atoms with E-state index in [9.17, 15) is 12.8 Å². The zero-order chi connectivity index (χ0) is 21.3. The van der Waals surface area contributed by atoms with Gasteiger partial charge in [-0.25, -0.2) is 22.8 Å². The highest BCUT2D eigenvalue weighted by Crippen LogP contribution is 2.30. The highest BCUT2D eigenvalue weighted by molar-refractivity contribution is 7.89. The molecule has 1 aromatic carbocycles. The molecule has 158 valence electrons. The fourth-order valence-corrected chi connectivity index (χ4v) is 5.42. The van der Waals surface area contributed by atoms with Crippen molar-refractivity contribution in [2.75, 3.05) is 13.1 Å². The molecule has 4 rings (SSSR count). The molecule has 0 unspecified atom stereocenters. The quantitative estimate of drug-likeness (QED) is 0.614. The van der Waals surface area contributed by atoms with Crippen LogP contribution in [-0.2, 0) is 10.0 Å². The Hall–Kier alpha value is -2.58.